The van der Waals surface area contributed by atoms with Crippen LogP contribution in [0.15, 0.2) is 36.4 Å². The maximum absolute atomic E-state index is 13.4. The quantitative estimate of drug-likeness (QED) is 0.428. The SMILES string of the molecule is CC(C)NC(=O)Nc1ccc2c(c1)CC(=O)N([C@H](C)CO)C[C@H](C)[C@@H](CN(C)Cc1ccc(Cl)c(Cl)c1)O2. The smallest absolute Gasteiger partial charge is 0.319 e. The summed E-state index contributed by atoms with van der Waals surface area (Å²) in [6.07, 6.45) is -0.150. The second-order valence-electron chi connectivity index (χ2n) is 10.4. The fourth-order valence-electron chi connectivity index (χ4n) is 4.48. The fourth-order valence-corrected chi connectivity index (χ4v) is 4.80. The lowest BCUT2D eigenvalue weighted by atomic mass is 10.0. The number of benzene rings is 2. The number of amides is 3. The number of nitrogens with zero attached hydrogens (tertiary/aromatic N) is 2. The number of nitrogens with one attached hydrogen (secondary N) is 2. The summed E-state index contributed by atoms with van der Waals surface area (Å²) in [5, 5.41) is 16.5. The Morgan fingerprint density at radius 2 is 1.92 bits per heavy atom. The molecule has 2 aromatic carbocycles. The summed E-state index contributed by atoms with van der Waals surface area (Å²) >= 11 is 12.3. The summed E-state index contributed by atoms with van der Waals surface area (Å²) in [6, 6.07) is 10.3. The average molecular weight is 566 g/mol. The van der Waals surface area contributed by atoms with Crippen LogP contribution in [-0.2, 0) is 17.8 Å². The van der Waals surface area contributed by atoms with Crippen molar-refractivity contribution >= 4 is 40.8 Å². The molecule has 0 aromatic heterocycles. The summed E-state index contributed by atoms with van der Waals surface area (Å²) < 4.78 is 6.56. The van der Waals surface area contributed by atoms with E-state index < -0.39 is 0 Å². The first kappa shape index (κ1) is 30.0. The van der Waals surface area contributed by atoms with Crippen LogP contribution in [0.4, 0.5) is 10.5 Å². The van der Waals surface area contributed by atoms with E-state index in [0.717, 1.165) is 5.56 Å². The van der Waals surface area contributed by atoms with E-state index in [2.05, 4.69) is 22.5 Å². The predicted molar refractivity (Wildman–Crippen MR) is 152 cm³/mol. The van der Waals surface area contributed by atoms with E-state index in [0.29, 0.717) is 46.7 Å². The number of rotatable bonds is 8. The zero-order valence-electron chi connectivity index (χ0n) is 22.6. The zero-order chi connectivity index (χ0) is 28.0. The van der Waals surface area contributed by atoms with Gasteiger partial charge in [-0.2, -0.15) is 0 Å². The number of likely N-dealkylation sites (N-methyl/N-ethyl adjacent to an activating group) is 1. The second kappa shape index (κ2) is 13.5. The van der Waals surface area contributed by atoms with E-state index in [1.54, 1.807) is 29.2 Å². The standard InChI is InChI=1S/C28H38Cl2N4O4/c1-17(2)31-28(37)32-22-7-9-25-21(11-22)12-27(36)34(19(4)16-35)13-18(3)26(38-25)15-33(5)14-20-6-8-23(29)24(30)10-20/h6-11,17-19,26,35H,12-16H2,1-5H3,(H2,31,32,37)/t18-,19+,26+/m0/s1. The van der Waals surface area contributed by atoms with E-state index in [9.17, 15) is 14.7 Å². The highest BCUT2D eigenvalue weighted by atomic mass is 35.5. The van der Waals surface area contributed by atoms with Crippen molar-refractivity contribution in [2.24, 2.45) is 5.92 Å². The minimum absolute atomic E-state index is 0.00979. The Kier molecular flexibility index (Phi) is 10.7. The van der Waals surface area contributed by atoms with Crippen molar-refractivity contribution < 1.29 is 19.4 Å². The topological polar surface area (TPSA) is 94.1 Å². The van der Waals surface area contributed by atoms with Crippen molar-refractivity contribution in [2.45, 2.75) is 58.8 Å². The van der Waals surface area contributed by atoms with Gasteiger partial charge in [0, 0.05) is 42.8 Å². The predicted octanol–water partition coefficient (Wildman–Crippen LogP) is 4.80. The Labute approximate surface area is 235 Å². The highest BCUT2D eigenvalue weighted by Gasteiger charge is 2.31. The number of hydrogen-bond acceptors (Lipinski definition) is 5. The van der Waals surface area contributed by atoms with Crippen molar-refractivity contribution in [2.75, 3.05) is 32.1 Å². The number of halogens is 2. The molecule has 2 aromatic rings. The molecule has 0 bridgehead atoms. The van der Waals surface area contributed by atoms with E-state index in [1.807, 2.05) is 40.0 Å². The molecule has 3 rings (SSSR count). The van der Waals surface area contributed by atoms with Gasteiger partial charge in [0.2, 0.25) is 5.91 Å². The third-order valence-corrected chi connectivity index (χ3v) is 7.26. The molecule has 208 valence electrons. The third-order valence-electron chi connectivity index (χ3n) is 6.52. The number of fused-ring (bicyclic) bond motifs is 1. The second-order valence-corrected chi connectivity index (χ2v) is 11.2. The van der Waals surface area contributed by atoms with Crippen LogP contribution in [0.2, 0.25) is 10.0 Å². The summed E-state index contributed by atoms with van der Waals surface area (Å²) in [5.74, 6) is 0.480. The third kappa shape index (κ3) is 8.24. The first-order valence-electron chi connectivity index (χ1n) is 12.9. The van der Waals surface area contributed by atoms with E-state index in [-0.39, 0.29) is 49.1 Å². The molecular formula is C28H38Cl2N4O4. The van der Waals surface area contributed by atoms with Gasteiger partial charge in [-0.1, -0.05) is 36.2 Å². The van der Waals surface area contributed by atoms with Crippen LogP contribution in [0.3, 0.4) is 0 Å². The van der Waals surface area contributed by atoms with Gasteiger partial charge in [0.05, 0.1) is 29.1 Å². The molecule has 3 atom stereocenters. The van der Waals surface area contributed by atoms with Gasteiger partial charge in [0.15, 0.2) is 0 Å². The molecular weight excluding hydrogens is 527 g/mol. The van der Waals surface area contributed by atoms with E-state index >= 15 is 0 Å². The molecule has 0 saturated heterocycles. The van der Waals surface area contributed by atoms with Gasteiger partial charge in [-0.15, -0.1) is 0 Å². The van der Waals surface area contributed by atoms with Gasteiger partial charge in [-0.05, 0) is 63.7 Å². The number of aliphatic hydroxyl groups is 1. The number of carbonyl (C=O) groups excluding carboxylic acids is 2. The number of hydrogen-bond donors (Lipinski definition) is 3. The van der Waals surface area contributed by atoms with E-state index in [1.165, 1.54) is 0 Å². The molecule has 0 unspecified atom stereocenters. The Balaban J connectivity index is 1.87. The molecule has 0 saturated carbocycles. The Morgan fingerprint density at radius 1 is 1.18 bits per heavy atom. The Morgan fingerprint density at radius 3 is 2.58 bits per heavy atom. The highest BCUT2D eigenvalue weighted by Crippen LogP contribution is 2.30. The monoisotopic (exact) mass is 564 g/mol. The number of carbonyl (C=O) groups is 2. The lowest BCUT2D eigenvalue weighted by molar-refractivity contribution is -0.134. The molecule has 0 spiro atoms. The Bertz CT molecular complexity index is 1130. The molecule has 1 aliphatic heterocycles. The minimum atomic E-state index is -0.334. The Hall–Kier alpha value is -2.52. The molecule has 1 heterocycles. The van der Waals surface area contributed by atoms with Crippen LogP contribution in [0.1, 0.15) is 38.8 Å². The van der Waals surface area contributed by atoms with Crippen molar-refractivity contribution in [3.63, 3.8) is 0 Å². The summed E-state index contributed by atoms with van der Waals surface area (Å²) in [6.45, 7) is 9.20. The van der Waals surface area contributed by atoms with Gasteiger partial charge in [0.1, 0.15) is 11.9 Å². The molecule has 0 fully saturated rings. The van der Waals surface area contributed by atoms with Crippen LogP contribution in [0.25, 0.3) is 0 Å². The van der Waals surface area contributed by atoms with Gasteiger partial charge in [-0.25, -0.2) is 4.79 Å². The molecule has 38 heavy (non-hydrogen) atoms. The molecule has 8 nitrogen and oxygen atoms in total. The van der Waals surface area contributed by atoms with Gasteiger partial charge >= 0.3 is 6.03 Å². The molecule has 3 amide bonds. The van der Waals surface area contributed by atoms with Crippen molar-refractivity contribution in [3.8, 4) is 5.75 Å². The van der Waals surface area contributed by atoms with Crippen LogP contribution >= 0.6 is 23.2 Å². The highest BCUT2D eigenvalue weighted by molar-refractivity contribution is 6.42. The van der Waals surface area contributed by atoms with Crippen LogP contribution in [-0.4, -0.2) is 71.8 Å². The number of anilines is 1. The van der Waals surface area contributed by atoms with Gasteiger partial charge < -0.3 is 25.4 Å². The van der Waals surface area contributed by atoms with Crippen LogP contribution in [0, 0.1) is 5.92 Å². The summed E-state index contributed by atoms with van der Waals surface area (Å²) in [5.41, 5.74) is 2.28. The molecule has 3 N–H and O–H groups in total. The van der Waals surface area contributed by atoms with Gasteiger partial charge in [0.25, 0.3) is 0 Å². The molecule has 0 radical (unpaired) electrons. The van der Waals surface area contributed by atoms with E-state index in [4.69, 9.17) is 27.9 Å². The molecule has 0 aliphatic carbocycles. The lowest BCUT2D eigenvalue weighted by Gasteiger charge is -2.34. The van der Waals surface area contributed by atoms with Crippen LogP contribution < -0.4 is 15.4 Å². The van der Waals surface area contributed by atoms with Gasteiger partial charge in [-0.3, -0.25) is 9.69 Å². The fraction of sp³-hybridized carbons (Fsp3) is 0.500. The van der Waals surface area contributed by atoms with Crippen molar-refractivity contribution in [1.29, 1.82) is 0 Å². The first-order chi connectivity index (χ1) is 18.0. The molecule has 1 aliphatic rings. The largest absolute Gasteiger partial charge is 0.488 e. The number of ether oxygens (including phenoxy) is 1. The minimum Gasteiger partial charge on any atom is -0.488 e. The summed E-state index contributed by atoms with van der Waals surface area (Å²) in [4.78, 5) is 29.5. The lowest BCUT2D eigenvalue weighted by Crippen LogP contribution is -2.47. The maximum atomic E-state index is 13.4. The maximum Gasteiger partial charge on any atom is 0.319 e. The average Bonchev–Trinajstić information content (AvgIpc) is 2.88. The summed E-state index contributed by atoms with van der Waals surface area (Å²) in [7, 11) is 2.01. The molecule has 10 heteroatoms. The van der Waals surface area contributed by atoms with Crippen molar-refractivity contribution in [3.05, 3.63) is 57.6 Å². The number of aliphatic hydroxyl groups excluding tert-OH is 1. The van der Waals surface area contributed by atoms with Crippen LogP contribution in [0.5, 0.6) is 5.75 Å². The zero-order valence-corrected chi connectivity index (χ0v) is 24.1. The normalized spacial score (nSPS) is 18.8. The number of urea groups is 1. The van der Waals surface area contributed by atoms with Crippen molar-refractivity contribution in [1.82, 2.24) is 15.1 Å². The first-order valence-corrected chi connectivity index (χ1v) is 13.6.